The lowest BCUT2D eigenvalue weighted by Gasteiger charge is -1.99. The zero-order chi connectivity index (χ0) is 8.27. The van der Waals surface area contributed by atoms with Crippen LogP contribution in [0.4, 0.5) is 0 Å². The molecule has 0 radical (unpaired) electrons. The first-order valence-corrected chi connectivity index (χ1v) is 3.73. The smallest absolute Gasteiger partial charge is 0.0284 e. The molecule has 11 heavy (non-hydrogen) atoms. The molecule has 0 bridgehead atoms. The van der Waals surface area contributed by atoms with Crippen LogP contribution in [0, 0.1) is 13.8 Å². The summed E-state index contributed by atoms with van der Waals surface area (Å²) in [7, 11) is 1.79. The van der Waals surface area contributed by atoms with Gasteiger partial charge in [0.2, 0.25) is 0 Å². The molecule has 0 saturated carbocycles. The molecule has 0 aliphatic carbocycles. The third-order valence-electron chi connectivity index (χ3n) is 1.69. The number of rotatable bonds is 1. The van der Waals surface area contributed by atoms with Crippen molar-refractivity contribution in [1.82, 2.24) is 0 Å². The highest BCUT2D eigenvalue weighted by Gasteiger charge is 1.92. The second-order valence-corrected chi connectivity index (χ2v) is 2.75. The number of aliphatic imine (C=N–C) groups is 1. The van der Waals surface area contributed by atoms with E-state index in [0.29, 0.717) is 0 Å². The second kappa shape index (κ2) is 3.33. The van der Waals surface area contributed by atoms with Gasteiger partial charge in [-0.1, -0.05) is 23.8 Å². The van der Waals surface area contributed by atoms with Gasteiger partial charge < -0.3 is 0 Å². The zero-order valence-corrected chi connectivity index (χ0v) is 7.26. The predicted molar refractivity (Wildman–Crippen MR) is 49.4 cm³/mol. The molecular formula is C10H13N. The molecule has 1 heteroatoms. The normalized spacial score (nSPS) is 10.8. The topological polar surface area (TPSA) is 12.4 Å². The van der Waals surface area contributed by atoms with Gasteiger partial charge in [-0.05, 0) is 25.0 Å². The highest BCUT2D eigenvalue weighted by Crippen LogP contribution is 2.07. The summed E-state index contributed by atoms with van der Waals surface area (Å²) in [5, 5.41) is 0. The van der Waals surface area contributed by atoms with Crippen molar-refractivity contribution in [1.29, 1.82) is 0 Å². The maximum atomic E-state index is 3.97. The van der Waals surface area contributed by atoms with Crippen LogP contribution in [0.2, 0.25) is 0 Å². The minimum atomic E-state index is 1.21. The molecule has 0 aliphatic heterocycles. The standard InChI is InChI=1S/C10H13N/c1-8-4-5-10(7-11-3)9(2)6-8/h4-7H,1-3H3/b11-7-. The van der Waals surface area contributed by atoms with Crippen molar-refractivity contribution >= 4 is 6.21 Å². The van der Waals surface area contributed by atoms with E-state index >= 15 is 0 Å². The van der Waals surface area contributed by atoms with Crippen molar-refractivity contribution in [3.63, 3.8) is 0 Å². The summed E-state index contributed by atoms with van der Waals surface area (Å²) < 4.78 is 0. The monoisotopic (exact) mass is 147 g/mol. The molecule has 1 aromatic rings. The third-order valence-corrected chi connectivity index (χ3v) is 1.69. The highest BCUT2D eigenvalue weighted by molar-refractivity contribution is 5.81. The first-order chi connectivity index (χ1) is 5.24. The van der Waals surface area contributed by atoms with Gasteiger partial charge in [0.25, 0.3) is 0 Å². The van der Waals surface area contributed by atoms with Crippen LogP contribution in [0.15, 0.2) is 23.2 Å². The summed E-state index contributed by atoms with van der Waals surface area (Å²) in [6, 6.07) is 6.36. The Labute approximate surface area is 67.8 Å². The van der Waals surface area contributed by atoms with Crippen molar-refractivity contribution in [2.24, 2.45) is 4.99 Å². The number of hydrogen-bond donors (Lipinski definition) is 0. The zero-order valence-electron chi connectivity index (χ0n) is 7.26. The van der Waals surface area contributed by atoms with Gasteiger partial charge in [-0.2, -0.15) is 0 Å². The Kier molecular flexibility index (Phi) is 2.42. The van der Waals surface area contributed by atoms with Gasteiger partial charge in [-0.15, -0.1) is 0 Å². The molecule has 1 nitrogen and oxygen atoms in total. The van der Waals surface area contributed by atoms with Crippen LogP contribution in [0.5, 0.6) is 0 Å². The molecule has 1 rings (SSSR count). The van der Waals surface area contributed by atoms with Crippen molar-refractivity contribution in [3.8, 4) is 0 Å². The second-order valence-electron chi connectivity index (χ2n) is 2.75. The summed E-state index contributed by atoms with van der Waals surface area (Å²) >= 11 is 0. The molecule has 0 N–H and O–H groups in total. The van der Waals surface area contributed by atoms with E-state index in [9.17, 15) is 0 Å². The molecule has 0 heterocycles. The first-order valence-electron chi connectivity index (χ1n) is 3.73. The molecule has 0 atom stereocenters. The minimum absolute atomic E-state index is 1.21. The lowest BCUT2D eigenvalue weighted by atomic mass is 10.1. The van der Waals surface area contributed by atoms with Crippen LogP contribution in [-0.4, -0.2) is 13.3 Å². The van der Waals surface area contributed by atoms with Crippen LogP contribution >= 0.6 is 0 Å². The third kappa shape index (κ3) is 1.90. The Hall–Kier alpha value is -1.11. The van der Waals surface area contributed by atoms with Gasteiger partial charge in [-0.25, -0.2) is 0 Å². The molecule has 0 aromatic heterocycles. The molecule has 0 amide bonds. The van der Waals surface area contributed by atoms with Crippen LogP contribution < -0.4 is 0 Å². The quantitative estimate of drug-likeness (QED) is 0.541. The molecule has 0 aliphatic rings. The van der Waals surface area contributed by atoms with Crippen LogP contribution in [0.1, 0.15) is 16.7 Å². The van der Waals surface area contributed by atoms with E-state index in [-0.39, 0.29) is 0 Å². The molecule has 0 saturated heterocycles. The van der Waals surface area contributed by atoms with Crippen molar-refractivity contribution < 1.29 is 0 Å². The number of aryl methyl sites for hydroxylation is 2. The number of hydrogen-bond acceptors (Lipinski definition) is 1. The Morgan fingerprint density at radius 3 is 2.55 bits per heavy atom. The molecule has 0 unspecified atom stereocenters. The summed E-state index contributed by atoms with van der Waals surface area (Å²) in [5.41, 5.74) is 3.80. The fourth-order valence-electron chi connectivity index (χ4n) is 1.11. The van der Waals surface area contributed by atoms with Gasteiger partial charge in [0.15, 0.2) is 0 Å². The molecular weight excluding hydrogens is 134 g/mol. The van der Waals surface area contributed by atoms with Crippen molar-refractivity contribution in [2.75, 3.05) is 7.05 Å². The maximum Gasteiger partial charge on any atom is 0.0284 e. The SMILES string of the molecule is C/N=C\c1ccc(C)cc1C. The molecule has 58 valence electrons. The Morgan fingerprint density at radius 2 is 2.00 bits per heavy atom. The minimum Gasteiger partial charge on any atom is -0.296 e. The largest absolute Gasteiger partial charge is 0.296 e. The highest BCUT2D eigenvalue weighted by atomic mass is 14.6. The van der Waals surface area contributed by atoms with E-state index in [1.165, 1.54) is 16.7 Å². The van der Waals surface area contributed by atoms with Crippen molar-refractivity contribution in [3.05, 3.63) is 34.9 Å². The first kappa shape index (κ1) is 7.99. The summed E-state index contributed by atoms with van der Waals surface area (Å²) in [5.74, 6) is 0. The fourth-order valence-corrected chi connectivity index (χ4v) is 1.11. The van der Waals surface area contributed by atoms with Crippen LogP contribution in [0.25, 0.3) is 0 Å². The Balaban J connectivity index is 3.09. The van der Waals surface area contributed by atoms with Gasteiger partial charge in [0, 0.05) is 13.3 Å². The van der Waals surface area contributed by atoms with E-state index in [1.54, 1.807) is 7.05 Å². The van der Waals surface area contributed by atoms with Gasteiger partial charge in [-0.3, -0.25) is 4.99 Å². The van der Waals surface area contributed by atoms with Crippen molar-refractivity contribution in [2.45, 2.75) is 13.8 Å². The van der Waals surface area contributed by atoms with Gasteiger partial charge in [0.1, 0.15) is 0 Å². The van der Waals surface area contributed by atoms with Gasteiger partial charge in [0.05, 0.1) is 0 Å². The van der Waals surface area contributed by atoms with Crippen LogP contribution in [0.3, 0.4) is 0 Å². The molecule has 0 fully saturated rings. The van der Waals surface area contributed by atoms with Crippen LogP contribution in [-0.2, 0) is 0 Å². The average molecular weight is 147 g/mol. The van der Waals surface area contributed by atoms with E-state index < -0.39 is 0 Å². The maximum absolute atomic E-state index is 3.97. The fraction of sp³-hybridized carbons (Fsp3) is 0.300. The summed E-state index contributed by atoms with van der Waals surface area (Å²) in [4.78, 5) is 3.97. The molecule has 0 spiro atoms. The Morgan fingerprint density at radius 1 is 1.27 bits per heavy atom. The lowest BCUT2D eigenvalue weighted by Crippen LogP contribution is -1.86. The van der Waals surface area contributed by atoms with E-state index in [0.717, 1.165) is 0 Å². The van der Waals surface area contributed by atoms with E-state index in [2.05, 4.69) is 37.0 Å². The summed E-state index contributed by atoms with van der Waals surface area (Å²) in [6.07, 6.45) is 1.88. The average Bonchev–Trinajstić information content (AvgIpc) is 1.95. The van der Waals surface area contributed by atoms with E-state index in [1.807, 2.05) is 6.21 Å². The summed E-state index contributed by atoms with van der Waals surface area (Å²) in [6.45, 7) is 4.20. The lowest BCUT2D eigenvalue weighted by molar-refractivity contribution is 1.36. The van der Waals surface area contributed by atoms with Gasteiger partial charge >= 0.3 is 0 Å². The van der Waals surface area contributed by atoms with E-state index in [4.69, 9.17) is 0 Å². The predicted octanol–water partition coefficient (Wildman–Crippen LogP) is 2.35. The Bertz CT molecular complexity index is 274. The molecule has 1 aromatic carbocycles. The number of nitrogens with zero attached hydrogens (tertiary/aromatic N) is 1. The number of benzene rings is 1.